The fourth-order valence-electron chi connectivity index (χ4n) is 2.99. The predicted molar refractivity (Wildman–Crippen MR) is 91.6 cm³/mol. The number of amides is 1. The second kappa shape index (κ2) is 7.83. The van der Waals surface area contributed by atoms with Gasteiger partial charge in [0.1, 0.15) is 11.6 Å². The summed E-state index contributed by atoms with van der Waals surface area (Å²) in [6.45, 7) is -0.118. The van der Waals surface area contributed by atoms with Gasteiger partial charge in [0, 0.05) is 6.07 Å². The molecule has 0 atom stereocenters. The van der Waals surface area contributed by atoms with Crippen LogP contribution in [0.3, 0.4) is 0 Å². The summed E-state index contributed by atoms with van der Waals surface area (Å²) in [6.07, 6.45) is 6.27. The van der Waals surface area contributed by atoms with E-state index in [2.05, 4.69) is 15.2 Å². The minimum Gasteiger partial charge on any atom is -0.484 e. The van der Waals surface area contributed by atoms with E-state index < -0.39 is 5.97 Å². The molecule has 1 saturated carbocycles. The smallest absolute Gasteiger partial charge is 0.337 e. The number of carbonyl (C=O) groups is 2. The maximum absolute atomic E-state index is 12.1. The number of ether oxygens (including phenoxy) is 2. The molecule has 25 heavy (non-hydrogen) atoms. The maximum Gasteiger partial charge on any atom is 0.337 e. The van der Waals surface area contributed by atoms with Gasteiger partial charge in [0.15, 0.2) is 6.61 Å². The largest absolute Gasteiger partial charge is 0.484 e. The Morgan fingerprint density at radius 2 is 1.92 bits per heavy atom. The number of nitrogens with zero attached hydrogens (tertiary/aromatic N) is 2. The molecule has 1 fully saturated rings. The molecule has 1 N–H and O–H groups in total. The molecule has 1 heterocycles. The van der Waals surface area contributed by atoms with Crippen LogP contribution in [0.15, 0.2) is 36.5 Å². The quantitative estimate of drug-likeness (QED) is 0.816. The number of hydrogen-bond donors (Lipinski definition) is 1. The maximum atomic E-state index is 12.1. The zero-order valence-corrected chi connectivity index (χ0v) is 14.1. The van der Waals surface area contributed by atoms with Gasteiger partial charge in [-0.05, 0) is 37.1 Å². The lowest BCUT2D eigenvalue weighted by molar-refractivity contribution is -0.118. The molecule has 7 nitrogen and oxygen atoms in total. The summed E-state index contributed by atoms with van der Waals surface area (Å²) in [6, 6.07) is 8.59. The van der Waals surface area contributed by atoms with Crippen LogP contribution in [0.5, 0.6) is 5.75 Å². The van der Waals surface area contributed by atoms with Gasteiger partial charge >= 0.3 is 5.97 Å². The summed E-state index contributed by atoms with van der Waals surface area (Å²) in [5.74, 6) is 0.537. The lowest BCUT2D eigenvalue weighted by atomic mass is 10.2. The molecule has 0 unspecified atom stereocenters. The van der Waals surface area contributed by atoms with E-state index in [4.69, 9.17) is 4.74 Å². The van der Waals surface area contributed by atoms with Gasteiger partial charge in [-0.25, -0.2) is 9.48 Å². The number of nitrogens with one attached hydrogen (secondary N) is 1. The van der Waals surface area contributed by atoms with Crippen molar-refractivity contribution in [3.63, 3.8) is 0 Å². The Labute approximate surface area is 145 Å². The van der Waals surface area contributed by atoms with Gasteiger partial charge in [0.25, 0.3) is 5.91 Å². The second-order valence-corrected chi connectivity index (χ2v) is 5.95. The molecule has 0 saturated heterocycles. The van der Waals surface area contributed by atoms with Gasteiger partial charge in [0.2, 0.25) is 0 Å². The van der Waals surface area contributed by atoms with Crippen LogP contribution >= 0.6 is 0 Å². The lowest BCUT2D eigenvalue weighted by Gasteiger charge is -2.14. The van der Waals surface area contributed by atoms with Crippen LogP contribution in [0.4, 0.5) is 5.82 Å². The lowest BCUT2D eigenvalue weighted by Crippen LogP contribution is -2.23. The molecule has 1 amide bonds. The third-order valence-corrected chi connectivity index (χ3v) is 4.25. The Morgan fingerprint density at radius 3 is 2.60 bits per heavy atom. The highest BCUT2D eigenvalue weighted by molar-refractivity contribution is 5.91. The fourth-order valence-corrected chi connectivity index (χ4v) is 2.99. The highest BCUT2D eigenvalue weighted by Gasteiger charge is 2.20. The topological polar surface area (TPSA) is 82.4 Å². The van der Waals surface area contributed by atoms with E-state index in [-0.39, 0.29) is 12.5 Å². The normalized spacial score (nSPS) is 14.3. The average molecular weight is 343 g/mol. The summed E-state index contributed by atoms with van der Waals surface area (Å²) in [7, 11) is 1.33. The Bertz CT molecular complexity index is 733. The van der Waals surface area contributed by atoms with Crippen LogP contribution in [-0.4, -0.2) is 35.4 Å². The van der Waals surface area contributed by atoms with Gasteiger partial charge in [0.05, 0.1) is 24.9 Å². The SMILES string of the molecule is COC(=O)c1ccc(OCC(=O)Nc2ccnn2C2CCCC2)cc1. The fraction of sp³-hybridized carbons (Fsp3) is 0.389. The van der Waals surface area contributed by atoms with E-state index in [0.29, 0.717) is 23.2 Å². The summed E-state index contributed by atoms with van der Waals surface area (Å²) >= 11 is 0. The van der Waals surface area contributed by atoms with Crippen molar-refractivity contribution in [2.24, 2.45) is 0 Å². The van der Waals surface area contributed by atoms with Gasteiger partial charge in [-0.15, -0.1) is 0 Å². The van der Waals surface area contributed by atoms with Crippen molar-refractivity contribution in [1.29, 1.82) is 0 Å². The number of rotatable bonds is 6. The van der Waals surface area contributed by atoms with Gasteiger partial charge in [-0.2, -0.15) is 5.10 Å². The third-order valence-electron chi connectivity index (χ3n) is 4.25. The summed E-state index contributed by atoms with van der Waals surface area (Å²) in [5, 5.41) is 7.16. The number of aromatic nitrogens is 2. The van der Waals surface area contributed by atoms with Crippen molar-refractivity contribution >= 4 is 17.7 Å². The standard InChI is InChI=1S/C18H21N3O4/c1-24-18(23)13-6-8-15(9-7-13)25-12-17(22)20-16-10-11-19-21(16)14-4-2-3-5-14/h6-11,14H,2-5,12H2,1H3,(H,20,22). The molecule has 2 aromatic rings. The molecule has 132 valence electrons. The van der Waals surface area contributed by atoms with E-state index in [1.54, 1.807) is 36.5 Å². The summed E-state index contributed by atoms with van der Waals surface area (Å²) in [5.41, 5.74) is 0.430. The van der Waals surface area contributed by atoms with Crippen LogP contribution in [0, 0.1) is 0 Å². The average Bonchev–Trinajstić information content (AvgIpc) is 3.31. The van der Waals surface area contributed by atoms with Crippen molar-refractivity contribution < 1.29 is 19.1 Å². The molecule has 1 aromatic heterocycles. The van der Waals surface area contributed by atoms with Crippen molar-refractivity contribution in [2.75, 3.05) is 19.0 Å². The van der Waals surface area contributed by atoms with Crippen molar-refractivity contribution in [2.45, 2.75) is 31.7 Å². The number of anilines is 1. The highest BCUT2D eigenvalue weighted by atomic mass is 16.5. The number of carbonyl (C=O) groups excluding carboxylic acids is 2. The third kappa shape index (κ3) is 4.17. The summed E-state index contributed by atoms with van der Waals surface area (Å²) in [4.78, 5) is 23.5. The molecule has 1 aliphatic rings. The van der Waals surface area contributed by atoms with E-state index in [0.717, 1.165) is 12.8 Å². The van der Waals surface area contributed by atoms with Crippen molar-refractivity contribution in [3.8, 4) is 5.75 Å². The summed E-state index contributed by atoms with van der Waals surface area (Å²) < 4.78 is 12.0. The van der Waals surface area contributed by atoms with Gasteiger partial charge < -0.3 is 14.8 Å². The first-order chi connectivity index (χ1) is 12.2. The van der Waals surface area contributed by atoms with Crippen LogP contribution in [-0.2, 0) is 9.53 Å². The zero-order valence-electron chi connectivity index (χ0n) is 14.1. The van der Waals surface area contributed by atoms with E-state index >= 15 is 0 Å². The molecule has 0 radical (unpaired) electrons. The molecule has 3 rings (SSSR count). The molecule has 0 bridgehead atoms. The number of esters is 1. The number of methoxy groups -OCH3 is 1. The van der Waals surface area contributed by atoms with Crippen LogP contribution in [0.1, 0.15) is 42.1 Å². The monoisotopic (exact) mass is 343 g/mol. The molecular formula is C18H21N3O4. The second-order valence-electron chi connectivity index (χ2n) is 5.95. The number of hydrogen-bond acceptors (Lipinski definition) is 5. The van der Waals surface area contributed by atoms with E-state index in [1.807, 2.05) is 4.68 Å². The van der Waals surface area contributed by atoms with Crippen LogP contribution < -0.4 is 10.1 Å². The number of benzene rings is 1. The minimum absolute atomic E-state index is 0.118. The predicted octanol–water partition coefficient (Wildman–Crippen LogP) is 2.80. The minimum atomic E-state index is -0.413. The van der Waals surface area contributed by atoms with Crippen LogP contribution in [0.2, 0.25) is 0 Å². The van der Waals surface area contributed by atoms with Gasteiger partial charge in [-0.3, -0.25) is 4.79 Å². The Kier molecular flexibility index (Phi) is 5.33. The Morgan fingerprint density at radius 1 is 1.20 bits per heavy atom. The van der Waals surface area contributed by atoms with Crippen molar-refractivity contribution in [1.82, 2.24) is 9.78 Å². The Balaban J connectivity index is 1.53. The van der Waals surface area contributed by atoms with E-state index in [1.165, 1.54) is 20.0 Å². The Hall–Kier alpha value is -2.83. The van der Waals surface area contributed by atoms with Crippen molar-refractivity contribution in [3.05, 3.63) is 42.1 Å². The first-order valence-corrected chi connectivity index (χ1v) is 8.32. The molecule has 7 heteroatoms. The molecule has 0 spiro atoms. The molecule has 1 aliphatic carbocycles. The first-order valence-electron chi connectivity index (χ1n) is 8.32. The molecule has 0 aliphatic heterocycles. The highest BCUT2D eigenvalue weighted by Crippen LogP contribution is 2.31. The van der Waals surface area contributed by atoms with E-state index in [9.17, 15) is 9.59 Å². The first kappa shape index (κ1) is 17.0. The van der Waals surface area contributed by atoms with Crippen LogP contribution in [0.25, 0.3) is 0 Å². The van der Waals surface area contributed by atoms with Gasteiger partial charge in [-0.1, -0.05) is 12.8 Å². The zero-order chi connectivity index (χ0) is 17.6. The molecule has 1 aromatic carbocycles. The molecular weight excluding hydrogens is 322 g/mol.